The normalized spacial score (nSPS) is 8.08. The molecule has 8 heteroatoms. The van der Waals surface area contributed by atoms with Crippen molar-refractivity contribution in [2.75, 3.05) is 13.2 Å². The van der Waals surface area contributed by atoms with Crippen LogP contribution in [0.1, 0.15) is 20.7 Å². The average molecular weight is 333 g/mol. The molecule has 0 bridgehead atoms. The molecule has 128 valence electrons. The van der Waals surface area contributed by atoms with E-state index < -0.39 is 18.0 Å². The second-order valence-corrected chi connectivity index (χ2v) is 3.72. The van der Waals surface area contributed by atoms with Crippen LogP contribution in [-0.4, -0.2) is 31.2 Å². The maximum atomic E-state index is 11.7. The van der Waals surface area contributed by atoms with E-state index >= 15 is 0 Å². The van der Waals surface area contributed by atoms with E-state index in [0.717, 1.165) is 0 Å². The number of carbonyl (C=O) groups excluding carboxylic acids is 3. The highest BCUT2D eigenvalue weighted by molar-refractivity contribution is 6.03. The Morgan fingerprint density at radius 1 is 0.958 bits per heavy atom. The molecule has 1 aromatic carbocycles. The first-order valence-corrected chi connectivity index (χ1v) is 6.39. The first kappa shape index (κ1) is 22.7. The molecule has 24 heavy (non-hydrogen) atoms. The first-order chi connectivity index (χ1) is 11.4. The Bertz CT molecular complexity index is 549. The molecular formula is C16H19N3O5. The summed E-state index contributed by atoms with van der Waals surface area (Å²) in [6, 6.07) is 5.48. The predicted molar refractivity (Wildman–Crippen MR) is 87.8 cm³/mol. The minimum atomic E-state index is -0.833. The van der Waals surface area contributed by atoms with Gasteiger partial charge in [0.2, 0.25) is 0 Å². The van der Waals surface area contributed by atoms with Gasteiger partial charge in [0.05, 0.1) is 11.1 Å². The van der Waals surface area contributed by atoms with Crippen molar-refractivity contribution in [2.45, 2.75) is 0 Å². The van der Waals surface area contributed by atoms with Crippen LogP contribution in [0.4, 0.5) is 4.79 Å². The first-order valence-electron chi connectivity index (χ1n) is 6.39. The molecule has 0 unspecified atom stereocenters. The zero-order chi connectivity index (χ0) is 19.0. The number of hydrogen-bond donors (Lipinski definition) is 2. The summed E-state index contributed by atoms with van der Waals surface area (Å²) in [6.45, 7) is 10.6. The van der Waals surface area contributed by atoms with E-state index in [4.69, 9.17) is 19.5 Å². The van der Waals surface area contributed by atoms with Crippen molar-refractivity contribution in [1.82, 2.24) is 0 Å². The standard InChI is InChI=1S/C14H14O4.CH4N2O.CHN/c1-3-9-17-13(15)11-7-5-6-8-12(11)14(16)18-10-4-2;2-1(3)4;1-2/h3-8H,1-2,9-10H2;(H4,2,3,4);1H. The molecule has 0 radical (unpaired) electrons. The minimum Gasteiger partial charge on any atom is -0.458 e. The monoisotopic (exact) mass is 333 g/mol. The highest BCUT2D eigenvalue weighted by Gasteiger charge is 2.18. The largest absolute Gasteiger partial charge is 0.458 e. The van der Waals surface area contributed by atoms with Gasteiger partial charge in [-0.25, -0.2) is 19.6 Å². The summed E-state index contributed by atoms with van der Waals surface area (Å²) in [4.78, 5) is 32.4. The summed E-state index contributed by atoms with van der Waals surface area (Å²) in [5.74, 6) is -1.16. The second kappa shape index (κ2) is 14.3. The van der Waals surface area contributed by atoms with Gasteiger partial charge >= 0.3 is 18.0 Å². The number of rotatable bonds is 6. The van der Waals surface area contributed by atoms with Crippen LogP contribution in [0.5, 0.6) is 0 Å². The van der Waals surface area contributed by atoms with Crippen LogP contribution in [0.15, 0.2) is 49.6 Å². The lowest BCUT2D eigenvalue weighted by atomic mass is 10.1. The quantitative estimate of drug-likeness (QED) is 0.596. The number of hydrogen-bond acceptors (Lipinski definition) is 6. The van der Waals surface area contributed by atoms with Crippen LogP contribution in [0, 0.1) is 11.8 Å². The molecule has 0 saturated heterocycles. The number of nitrogens with zero attached hydrogens (tertiary/aromatic N) is 1. The Labute approximate surface area is 139 Å². The fraction of sp³-hybridized carbons (Fsp3) is 0.125. The highest BCUT2D eigenvalue weighted by atomic mass is 16.5. The lowest BCUT2D eigenvalue weighted by molar-refractivity contribution is 0.0503. The Morgan fingerprint density at radius 2 is 1.25 bits per heavy atom. The number of amides is 2. The van der Waals surface area contributed by atoms with E-state index in [1.807, 2.05) is 0 Å². The number of ether oxygens (including phenoxy) is 2. The van der Waals surface area contributed by atoms with E-state index in [1.54, 1.807) is 12.1 Å². The number of nitrogens with two attached hydrogens (primary N) is 2. The van der Waals surface area contributed by atoms with Crippen molar-refractivity contribution in [3.8, 4) is 6.57 Å². The van der Waals surface area contributed by atoms with Crippen molar-refractivity contribution >= 4 is 18.0 Å². The molecule has 0 fully saturated rings. The Kier molecular flexibility index (Phi) is 13.6. The molecule has 1 rings (SSSR count). The Morgan fingerprint density at radius 3 is 1.50 bits per heavy atom. The predicted octanol–water partition coefficient (Wildman–Crippen LogP) is 1.54. The van der Waals surface area contributed by atoms with Crippen LogP contribution in [0.3, 0.4) is 0 Å². The van der Waals surface area contributed by atoms with Gasteiger partial charge in [0.15, 0.2) is 0 Å². The zero-order valence-corrected chi connectivity index (χ0v) is 13.0. The lowest BCUT2D eigenvalue weighted by Gasteiger charge is -2.07. The van der Waals surface area contributed by atoms with E-state index in [-0.39, 0.29) is 24.3 Å². The third kappa shape index (κ3) is 10.2. The minimum absolute atomic E-state index is 0.0921. The number of benzene rings is 1. The third-order valence-electron chi connectivity index (χ3n) is 2.03. The van der Waals surface area contributed by atoms with Crippen LogP contribution in [0.25, 0.3) is 0 Å². The van der Waals surface area contributed by atoms with E-state index in [0.29, 0.717) is 0 Å². The molecule has 0 heterocycles. The van der Waals surface area contributed by atoms with Crippen molar-refractivity contribution in [3.63, 3.8) is 0 Å². The topological polar surface area (TPSA) is 146 Å². The van der Waals surface area contributed by atoms with Crippen LogP contribution >= 0.6 is 0 Å². The third-order valence-corrected chi connectivity index (χ3v) is 2.03. The molecule has 0 atom stereocenters. The van der Waals surface area contributed by atoms with Gasteiger partial charge < -0.3 is 20.9 Å². The number of urea groups is 1. The van der Waals surface area contributed by atoms with Gasteiger partial charge in [0, 0.05) is 6.57 Å². The fourth-order valence-corrected chi connectivity index (χ4v) is 1.26. The Balaban J connectivity index is 0. The second-order valence-electron chi connectivity index (χ2n) is 3.72. The van der Waals surface area contributed by atoms with Crippen LogP contribution in [-0.2, 0) is 9.47 Å². The summed E-state index contributed by atoms with van der Waals surface area (Å²) < 4.78 is 9.78. The summed E-state index contributed by atoms with van der Waals surface area (Å²) >= 11 is 0. The molecular weight excluding hydrogens is 314 g/mol. The molecule has 0 aliphatic carbocycles. The number of nitriles is 1. The maximum absolute atomic E-state index is 11.7. The lowest BCUT2D eigenvalue weighted by Crippen LogP contribution is -2.18. The van der Waals surface area contributed by atoms with Crippen molar-refractivity contribution < 1.29 is 23.9 Å². The van der Waals surface area contributed by atoms with Crippen LogP contribution < -0.4 is 11.5 Å². The molecule has 2 amide bonds. The summed E-state index contributed by atoms with van der Waals surface area (Å²) in [5, 5.41) is 6.50. The van der Waals surface area contributed by atoms with Crippen LogP contribution in [0.2, 0.25) is 0 Å². The summed E-state index contributed by atoms with van der Waals surface area (Å²) in [6.07, 6.45) is 2.91. The average Bonchev–Trinajstić information content (AvgIpc) is 2.58. The SMILES string of the molecule is C#N.C=CCOC(=O)c1ccccc1C(=O)OCC=C.NC(N)=O. The van der Waals surface area contributed by atoms with Gasteiger partial charge in [-0.2, -0.15) is 0 Å². The maximum Gasteiger partial charge on any atom is 0.339 e. The number of esters is 2. The highest BCUT2D eigenvalue weighted by Crippen LogP contribution is 2.12. The van der Waals surface area contributed by atoms with E-state index in [2.05, 4.69) is 31.2 Å². The molecule has 0 spiro atoms. The van der Waals surface area contributed by atoms with Gasteiger partial charge in [-0.1, -0.05) is 37.4 Å². The van der Waals surface area contributed by atoms with Gasteiger partial charge in [-0.05, 0) is 12.1 Å². The van der Waals surface area contributed by atoms with Gasteiger partial charge in [0.25, 0.3) is 0 Å². The molecule has 0 aromatic heterocycles. The molecule has 0 aliphatic heterocycles. The van der Waals surface area contributed by atoms with Gasteiger partial charge in [-0.3, -0.25) is 0 Å². The van der Waals surface area contributed by atoms with Crippen molar-refractivity contribution in [3.05, 3.63) is 60.7 Å². The van der Waals surface area contributed by atoms with E-state index in [1.165, 1.54) is 24.3 Å². The molecule has 0 saturated carbocycles. The summed E-state index contributed by atoms with van der Waals surface area (Å²) in [7, 11) is 0. The molecule has 8 nitrogen and oxygen atoms in total. The fourth-order valence-electron chi connectivity index (χ4n) is 1.26. The zero-order valence-electron chi connectivity index (χ0n) is 13.0. The molecule has 1 aromatic rings. The smallest absolute Gasteiger partial charge is 0.339 e. The van der Waals surface area contributed by atoms with Crippen molar-refractivity contribution in [1.29, 1.82) is 5.26 Å². The number of primary amides is 2. The van der Waals surface area contributed by atoms with Gasteiger partial charge in [-0.15, -0.1) is 0 Å². The molecule has 0 aliphatic rings. The summed E-state index contributed by atoms with van der Waals surface area (Å²) in [5.41, 5.74) is 8.85. The Hall–Kier alpha value is -3.60. The molecule has 4 N–H and O–H groups in total. The van der Waals surface area contributed by atoms with Gasteiger partial charge in [0.1, 0.15) is 13.2 Å². The van der Waals surface area contributed by atoms with E-state index in [9.17, 15) is 9.59 Å². The van der Waals surface area contributed by atoms with Crippen molar-refractivity contribution in [2.24, 2.45) is 11.5 Å². The number of carbonyl (C=O) groups is 3.